The highest BCUT2D eigenvalue weighted by molar-refractivity contribution is 5.98. The van der Waals surface area contributed by atoms with Crippen LogP contribution in [0.4, 0.5) is 0 Å². The lowest BCUT2D eigenvalue weighted by Gasteiger charge is -2.34. The van der Waals surface area contributed by atoms with Gasteiger partial charge in [-0.3, -0.25) is 62.3 Å². The number of esters is 2. The fraction of sp³-hybridized carbons (Fsp3) is 0.567. The SMILES string of the molecule is CC[C@H](C)[C@H]1NC(=O)[C@@H](NC(=O)[C@H](C)[C@H](O)C(C)C)[C@@H](C)OC(=O)[C@@H]2COC(=O)CNC(=O)/C=C/[C@@](O)(COCCNC(=O)CCCC(=O)NC[C@H]3O[C@@H](n4ccc(=O)[nH]c4=O)[C@H](O)[C@@H]3O)[C@H](C)Oc3ccc(cc3)[C@H](NC1=O)C(=O)N(C)[C@@H](Cc1ccccc1)C(=O)N[C@H]([C@@H](C)O)C(=O)N2. The van der Waals surface area contributed by atoms with Crippen molar-refractivity contribution in [3.8, 4) is 5.75 Å². The van der Waals surface area contributed by atoms with Crippen LogP contribution in [0.3, 0.4) is 0 Å². The Morgan fingerprint density at radius 1 is 0.782 bits per heavy atom. The van der Waals surface area contributed by atoms with Crippen LogP contribution in [-0.2, 0) is 78.1 Å². The van der Waals surface area contributed by atoms with Crippen molar-refractivity contribution in [1.82, 2.24) is 57.0 Å². The van der Waals surface area contributed by atoms with Crippen molar-refractivity contribution in [1.29, 1.82) is 0 Å². The second-order valence-corrected chi connectivity index (χ2v) is 25.6. The summed E-state index contributed by atoms with van der Waals surface area (Å²) < 4.78 is 29.7. The van der Waals surface area contributed by atoms with Crippen LogP contribution in [0, 0.1) is 17.8 Å². The Balaban J connectivity index is 1.29. The molecule has 14 N–H and O–H groups in total. The summed E-state index contributed by atoms with van der Waals surface area (Å²) in [6.45, 7) is 8.51. The quantitative estimate of drug-likeness (QED) is 0.0359. The maximum atomic E-state index is 15.4. The molecule has 554 valence electrons. The predicted molar refractivity (Wildman–Crippen MR) is 355 cm³/mol. The maximum absolute atomic E-state index is 15.4. The van der Waals surface area contributed by atoms with Crippen LogP contribution < -0.4 is 58.5 Å². The first kappa shape index (κ1) is 80.5. The number of amides is 9. The fourth-order valence-electron chi connectivity index (χ4n) is 11.0. The van der Waals surface area contributed by atoms with Crippen molar-refractivity contribution in [2.24, 2.45) is 17.8 Å². The van der Waals surface area contributed by atoms with Crippen molar-refractivity contribution >= 4 is 65.1 Å². The molecule has 0 saturated carbocycles. The molecule has 7 rings (SSSR count). The van der Waals surface area contributed by atoms with E-state index >= 15 is 9.59 Å². The first-order chi connectivity index (χ1) is 47.7. The summed E-state index contributed by atoms with van der Waals surface area (Å²) in [5.74, 6) is -13.2. The van der Waals surface area contributed by atoms with Gasteiger partial charge in [0.1, 0.15) is 85.2 Å². The predicted octanol–water partition coefficient (Wildman–Crippen LogP) is -3.81. The second kappa shape index (κ2) is 37.3. The van der Waals surface area contributed by atoms with E-state index in [0.29, 0.717) is 5.56 Å². The molecule has 4 bridgehead atoms. The standard InChI is InChI=1S/C67H93N11O23/c1-10-35(4)51-60(90)76-54-41-19-21-42(22-20-41)100-39(8)67(96,33-97-28-26-68-46(80)17-14-18-47(81)69-30-45-56(86)57(87)64(101-45)78-27-24-49(83)72-66(78)95)25-23-48(82)70-31-50(84)98-32-43(65(94)99-38(7)53(62(92)73-51)75-58(88)36(5)55(85)34(2)3)71-61(91)52(37(6)79)74-59(89)44(77(9)63(54)93)29-40-15-12-11-13-16-40/h11-13,15-16,19-25,27,34-39,43-45,51-57,64,79,85-87,96H,10,14,17-18,26,28-33H2,1-9H3,(H,68,80)(H,69,81)(H,70,82)(H,71,91)(H,73,92)(H,74,89)(H,75,88)(H,76,90)(H,72,83,95)/b25-23+/t35-,36+,37+,38+,39-,43-,44-,45+,51+,52+,53-,54-,55+,56+,57+,64+,67+/m0/s1. The van der Waals surface area contributed by atoms with Crippen LogP contribution in [0.25, 0.3) is 0 Å². The summed E-state index contributed by atoms with van der Waals surface area (Å²) in [4.78, 5) is 182. The number of aliphatic hydroxyl groups excluding tert-OH is 4. The zero-order valence-electron chi connectivity index (χ0n) is 57.6. The minimum atomic E-state index is -2.22. The Kier molecular flexibility index (Phi) is 29.7. The number of likely N-dealkylation sites (N-methyl/N-ethyl adjacent to an activating group) is 1. The normalized spacial score (nSPS) is 27.6. The van der Waals surface area contributed by atoms with E-state index in [0.717, 1.165) is 40.8 Å². The zero-order chi connectivity index (χ0) is 74.6. The molecule has 34 nitrogen and oxygen atoms in total. The largest absolute Gasteiger partial charge is 0.487 e. The lowest BCUT2D eigenvalue weighted by molar-refractivity contribution is -0.160. The number of benzene rings is 2. The summed E-state index contributed by atoms with van der Waals surface area (Å²) in [6.07, 6.45) is -8.89. The number of nitrogens with one attached hydrogen (secondary N) is 9. The van der Waals surface area contributed by atoms with Gasteiger partial charge in [0.2, 0.25) is 53.2 Å². The van der Waals surface area contributed by atoms with Crippen molar-refractivity contribution in [3.63, 3.8) is 0 Å². The molecule has 101 heavy (non-hydrogen) atoms. The average molecular weight is 1420 g/mol. The summed E-state index contributed by atoms with van der Waals surface area (Å²) in [6, 6.07) is 4.26. The molecule has 0 aliphatic carbocycles. The van der Waals surface area contributed by atoms with Gasteiger partial charge in [-0.05, 0) is 68.4 Å². The van der Waals surface area contributed by atoms with E-state index in [9.17, 15) is 78.3 Å². The fourth-order valence-corrected chi connectivity index (χ4v) is 11.0. The Labute approximate surface area is 581 Å². The van der Waals surface area contributed by atoms with Gasteiger partial charge in [-0.25, -0.2) is 9.59 Å². The molecule has 0 radical (unpaired) electrons. The smallest absolute Gasteiger partial charge is 0.332 e. The van der Waals surface area contributed by atoms with Crippen LogP contribution in [0.1, 0.15) is 104 Å². The van der Waals surface area contributed by atoms with Gasteiger partial charge >= 0.3 is 17.6 Å². The van der Waals surface area contributed by atoms with Crippen molar-refractivity contribution in [2.75, 3.05) is 46.5 Å². The third-order valence-corrected chi connectivity index (χ3v) is 17.6. The number of rotatable bonds is 21. The molecule has 2 aromatic carbocycles. The molecule has 34 heteroatoms. The molecule has 1 aromatic heterocycles. The molecular weight excluding hydrogens is 1330 g/mol. The number of carbonyl (C=O) groups excluding carboxylic acids is 11. The van der Waals surface area contributed by atoms with Crippen molar-refractivity contribution < 1.29 is 102 Å². The van der Waals surface area contributed by atoms with Crippen molar-refractivity contribution in [3.05, 3.63) is 111 Å². The number of fused-ring (bicyclic) bond motifs is 11. The average Bonchev–Trinajstić information content (AvgIpc) is 1.76. The number of cyclic esters (lactones) is 1. The molecular formula is C67H93N11O23. The number of hydrogen-bond donors (Lipinski definition) is 14. The number of aromatic amines is 1. The Bertz CT molecular complexity index is 3550. The van der Waals surface area contributed by atoms with Gasteiger partial charge in [0.05, 0.1) is 31.3 Å². The molecule has 5 heterocycles. The first-order valence-corrected chi connectivity index (χ1v) is 33.2. The number of ether oxygens (including phenoxy) is 5. The van der Waals surface area contributed by atoms with Gasteiger partial charge in [0.15, 0.2) is 12.3 Å². The van der Waals surface area contributed by atoms with Gasteiger partial charge < -0.3 is 96.7 Å². The third-order valence-electron chi connectivity index (χ3n) is 17.6. The highest BCUT2D eigenvalue weighted by atomic mass is 16.6. The summed E-state index contributed by atoms with van der Waals surface area (Å²) >= 11 is 0. The Hall–Kier alpha value is -9.45. The highest BCUT2D eigenvalue weighted by Gasteiger charge is 2.46. The van der Waals surface area contributed by atoms with E-state index in [4.69, 9.17) is 23.7 Å². The monoisotopic (exact) mass is 1420 g/mol. The molecule has 2 saturated heterocycles. The van der Waals surface area contributed by atoms with Gasteiger partial charge in [0.25, 0.3) is 5.56 Å². The first-order valence-electron chi connectivity index (χ1n) is 33.2. The van der Waals surface area contributed by atoms with E-state index < -0.39 is 205 Å². The van der Waals surface area contributed by atoms with Crippen molar-refractivity contribution in [2.45, 2.75) is 178 Å². The topological polar surface area (TPSA) is 489 Å². The van der Waals surface area contributed by atoms with E-state index in [1.807, 2.05) is 4.98 Å². The molecule has 2 fully saturated rings. The van der Waals surface area contributed by atoms with Gasteiger partial charge in [-0.1, -0.05) is 83.5 Å². The summed E-state index contributed by atoms with van der Waals surface area (Å²) in [7, 11) is 1.26. The molecule has 3 aromatic rings. The van der Waals surface area contributed by atoms with Crippen LogP contribution in [0.2, 0.25) is 0 Å². The number of aromatic nitrogens is 2. The number of carbonyl (C=O) groups is 11. The van der Waals surface area contributed by atoms with Gasteiger partial charge in [0, 0.05) is 57.7 Å². The van der Waals surface area contributed by atoms with Crippen LogP contribution in [0.15, 0.2) is 88.6 Å². The highest BCUT2D eigenvalue weighted by Crippen LogP contribution is 2.29. The molecule has 17 atom stereocenters. The van der Waals surface area contributed by atoms with Crippen LogP contribution in [-0.4, -0.2) is 230 Å². The lowest BCUT2D eigenvalue weighted by atomic mass is 9.93. The number of nitrogens with zero attached hydrogens (tertiary/aromatic N) is 2. The molecule has 9 amide bonds. The summed E-state index contributed by atoms with van der Waals surface area (Å²) in [5, 5.41) is 75.5. The van der Waals surface area contributed by atoms with E-state index in [1.54, 1.807) is 58.0 Å². The minimum Gasteiger partial charge on any atom is -0.487 e. The number of H-pyrrole nitrogens is 1. The second-order valence-electron chi connectivity index (χ2n) is 25.6. The number of hydrogen-bond acceptors (Lipinski definition) is 23. The van der Waals surface area contributed by atoms with Crippen LogP contribution in [0.5, 0.6) is 5.75 Å². The molecule has 0 spiro atoms. The maximum Gasteiger partial charge on any atom is 0.332 e. The molecule has 4 aliphatic rings. The summed E-state index contributed by atoms with van der Waals surface area (Å²) in [5.41, 5.74) is -3.22. The van der Waals surface area contributed by atoms with Crippen LogP contribution >= 0.6 is 0 Å². The van der Waals surface area contributed by atoms with E-state index in [2.05, 4.69) is 42.5 Å². The number of aliphatic hydroxyl groups is 5. The Morgan fingerprint density at radius 3 is 2.08 bits per heavy atom. The third kappa shape index (κ3) is 22.5. The van der Waals surface area contributed by atoms with E-state index in [-0.39, 0.29) is 63.1 Å². The Morgan fingerprint density at radius 2 is 1.44 bits per heavy atom. The molecule has 4 aliphatic heterocycles. The van der Waals surface area contributed by atoms with Gasteiger partial charge in [-0.15, -0.1) is 0 Å². The van der Waals surface area contributed by atoms with Gasteiger partial charge in [-0.2, -0.15) is 0 Å². The zero-order valence-corrected chi connectivity index (χ0v) is 57.6. The molecule has 0 unspecified atom stereocenters. The van der Waals surface area contributed by atoms with E-state index in [1.165, 1.54) is 52.1 Å². The minimum absolute atomic E-state index is 0.0292. The lowest BCUT2D eigenvalue weighted by Crippen LogP contribution is -2.61.